The van der Waals surface area contributed by atoms with Gasteiger partial charge >= 0.3 is 22.4 Å². The van der Waals surface area contributed by atoms with Crippen LogP contribution in [0.5, 0.6) is 5.88 Å². The van der Waals surface area contributed by atoms with Gasteiger partial charge in [-0.1, -0.05) is 127 Å². The molecule has 7 aromatic carbocycles. The molecule has 0 N–H and O–H groups in total. The van der Waals surface area contributed by atoms with Crippen LogP contribution in [0.1, 0.15) is 5.69 Å². The first-order valence-electron chi connectivity index (χ1n) is 17.0. The van der Waals surface area contributed by atoms with Crippen LogP contribution in [0, 0.1) is 6.92 Å². The summed E-state index contributed by atoms with van der Waals surface area (Å²) < 4.78 is 1.40. The van der Waals surface area contributed by atoms with Crippen LogP contribution in [0.3, 0.4) is 0 Å². The Balaban J connectivity index is 0.000000178. The van der Waals surface area contributed by atoms with Crippen LogP contribution < -0.4 is 36.9 Å². The molecule has 0 spiro atoms. The molecule has 3 nitrogen and oxygen atoms in total. The molecule has 7 heteroatoms. The van der Waals surface area contributed by atoms with E-state index in [9.17, 15) is 5.11 Å². The Morgan fingerprint density at radius 2 is 0.623 bits per heavy atom. The second-order valence-electron chi connectivity index (χ2n) is 11.8. The van der Waals surface area contributed by atoms with Crippen LogP contribution in [0.15, 0.2) is 218 Å². The van der Waals surface area contributed by atoms with Gasteiger partial charge in [0.2, 0.25) is 0 Å². The standard InChI is InChI=1S/2C18H15P.C10H10N2O.2Au/c2*1-4-10-16(11-5-1)19(17-12-6-2-7-13-17)18-14-8-3-9-15-18;1-8-7-10(13)12(11-8)9-5-3-2-4-6-9;;/h2*1-15H;2-7,13H,1H3;;/q;;;;+1/p+1. The number of nitrogens with zero attached hydrogens (tertiary/aromatic N) is 2. The molecule has 53 heavy (non-hydrogen) atoms. The van der Waals surface area contributed by atoms with Crippen molar-refractivity contribution in [1.82, 2.24) is 9.78 Å². The molecule has 8 aromatic rings. The third-order valence-electron chi connectivity index (χ3n) is 8.17. The van der Waals surface area contributed by atoms with Gasteiger partial charge in [-0.05, 0) is 104 Å². The molecule has 271 valence electrons. The number of aromatic nitrogens is 2. The molecule has 0 fully saturated rings. The van der Waals surface area contributed by atoms with Crippen molar-refractivity contribution >= 4 is 47.7 Å². The summed E-state index contributed by atoms with van der Waals surface area (Å²) in [4.78, 5) is 0. The van der Waals surface area contributed by atoms with Crippen molar-refractivity contribution in [3.63, 3.8) is 0 Å². The monoisotopic (exact) mass is 1090 g/mol. The molecule has 0 aliphatic heterocycles. The van der Waals surface area contributed by atoms with Crippen LogP contribution in [-0.2, 0) is 44.8 Å². The van der Waals surface area contributed by atoms with Gasteiger partial charge in [-0.15, -0.1) is 0 Å². The van der Waals surface area contributed by atoms with Crippen LogP contribution in [0.25, 0.3) is 5.69 Å². The van der Waals surface area contributed by atoms with E-state index in [4.69, 9.17) is 0 Å². The molecule has 0 unspecified atom stereocenters. The summed E-state index contributed by atoms with van der Waals surface area (Å²) in [5.74, 6) is -0.0799. The first kappa shape index (κ1) is 41.6. The second-order valence-corrected chi connectivity index (χ2v) is 16.8. The van der Waals surface area contributed by atoms with Crippen molar-refractivity contribution in [2.75, 3.05) is 0 Å². The van der Waals surface area contributed by atoms with Gasteiger partial charge < -0.3 is 5.11 Å². The Kier molecular flexibility index (Phi) is 17.4. The maximum atomic E-state index is 11.3. The van der Waals surface area contributed by atoms with Crippen LogP contribution in [0.4, 0.5) is 0 Å². The molecule has 0 atom stereocenters. The molecule has 8 rings (SSSR count). The molecule has 1 aromatic heterocycles. The maximum absolute atomic E-state index is 11.3. The van der Waals surface area contributed by atoms with E-state index in [-0.39, 0.29) is 50.6 Å². The van der Waals surface area contributed by atoms with Crippen molar-refractivity contribution in [2.45, 2.75) is 6.92 Å². The molecule has 0 aliphatic carbocycles. The molecule has 0 bridgehead atoms. The Bertz CT molecular complexity index is 1850. The van der Waals surface area contributed by atoms with Crippen molar-refractivity contribution in [2.24, 2.45) is 0 Å². The number of hydrogen-bond acceptors (Lipinski definition) is 2. The Hall–Kier alpha value is -4.11. The normalized spacial score (nSPS) is 10.1. The number of rotatable bonds is 7. The molecule has 0 saturated carbocycles. The van der Waals surface area contributed by atoms with E-state index in [2.05, 4.69) is 187 Å². The third kappa shape index (κ3) is 11.9. The number of hydrogen-bond donors (Lipinski definition) is 0. The minimum absolute atomic E-state index is 0. The minimum atomic E-state index is -0.877. The van der Waals surface area contributed by atoms with Gasteiger partial charge in [0.05, 0.1) is 27.2 Å². The van der Waals surface area contributed by atoms with Crippen LogP contribution >= 0.6 is 15.8 Å². The molecular formula is C46H41Au2N2OP2+2. The summed E-state index contributed by atoms with van der Waals surface area (Å²) in [6, 6.07) is 75.9. The molecule has 1 heterocycles. The molecule has 1 radical (unpaired) electrons. The van der Waals surface area contributed by atoms with Gasteiger partial charge in [0, 0.05) is 22.4 Å². The molecular weight excluding hydrogens is 1050 g/mol. The second kappa shape index (κ2) is 22.2. The third-order valence-corrected chi connectivity index (χ3v) is 13.6. The maximum Gasteiger partial charge on any atom is 1.00 e. The van der Waals surface area contributed by atoms with E-state index in [0.717, 1.165) is 11.4 Å². The van der Waals surface area contributed by atoms with E-state index in [0.29, 0.717) is 0 Å². The number of para-hydroxylation sites is 1. The zero-order valence-electron chi connectivity index (χ0n) is 29.2. The average molecular weight is 1090 g/mol. The molecule has 0 aliphatic rings. The smallest absolute Gasteiger partial charge is 0.859 e. The first-order chi connectivity index (χ1) is 25.2. The SMILES string of the molecule is Cc1cc([O-])n(-c2ccccc2)n1.[Au+].[Au].c1ccc([PH+](c2ccccc2)c2ccccc2)cc1.c1ccc([PH+](c2ccccc2)c2ccccc2)cc1. The summed E-state index contributed by atoms with van der Waals surface area (Å²) in [7, 11) is -1.75. The summed E-state index contributed by atoms with van der Waals surface area (Å²) in [5.41, 5.74) is 1.55. The van der Waals surface area contributed by atoms with E-state index in [1.807, 2.05) is 30.3 Å². The van der Waals surface area contributed by atoms with E-state index in [1.165, 1.54) is 42.6 Å². The quantitative estimate of drug-likeness (QED) is 0.122. The summed E-state index contributed by atoms with van der Waals surface area (Å²) in [6.07, 6.45) is 0. The van der Waals surface area contributed by atoms with Gasteiger partial charge in [0.1, 0.15) is 31.8 Å². The van der Waals surface area contributed by atoms with Gasteiger partial charge in [-0.3, -0.25) is 0 Å². The summed E-state index contributed by atoms with van der Waals surface area (Å²) >= 11 is 0. The van der Waals surface area contributed by atoms with E-state index in [1.54, 1.807) is 6.92 Å². The van der Waals surface area contributed by atoms with Gasteiger partial charge in [-0.25, -0.2) is 4.68 Å². The zero-order chi connectivity index (χ0) is 35.1. The average Bonchev–Trinajstić information content (AvgIpc) is 3.56. The zero-order valence-corrected chi connectivity index (χ0v) is 35.5. The fourth-order valence-corrected chi connectivity index (χ4v) is 11.0. The van der Waals surface area contributed by atoms with Crippen LogP contribution in [-0.4, -0.2) is 9.78 Å². The van der Waals surface area contributed by atoms with Crippen molar-refractivity contribution in [3.8, 4) is 11.6 Å². The molecule has 0 amide bonds. The summed E-state index contributed by atoms with van der Waals surface area (Å²) in [6.45, 7) is 1.81. The number of benzene rings is 7. The fourth-order valence-electron chi connectivity index (χ4n) is 5.86. The Labute approximate surface area is 347 Å². The van der Waals surface area contributed by atoms with Gasteiger partial charge in [0.15, 0.2) is 0 Å². The largest absolute Gasteiger partial charge is 1.00 e. The van der Waals surface area contributed by atoms with Gasteiger partial charge in [0.25, 0.3) is 0 Å². The van der Waals surface area contributed by atoms with Crippen LogP contribution in [0.2, 0.25) is 0 Å². The predicted octanol–water partition coefficient (Wildman–Crippen LogP) is 7.60. The topological polar surface area (TPSA) is 40.9 Å². The Morgan fingerprint density at radius 3 is 0.830 bits per heavy atom. The predicted molar refractivity (Wildman–Crippen MR) is 221 cm³/mol. The Morgan fingerprint density at radius 1 is 0.396 bits per heavy atom. The summed E-state index contributed by atoms with van der Waals surface area (Å²) in [5, 5.41) is 24.0. The van der Waals surface area contributed by atoms with E-state index >= 15 is 0 Å². The number of aryl methyl sites for hydroxylation is 1. The minimum Gasteiger partial charge on any atom is -0.859 e. The van der Waals surface area contributed by atoms with Crippen molar-refractivity contribution in [1.29, 1.82) is 0 Å². The fraction of sp³-hybridized carbons (Fsp3) is 0.0217. The van der Waals surface area contributed by atoms with Crippen molar-refractivity contribution < 1.29 is 49.9 Å². The van der Waals surface area contributed by atoms with Gasteiger partial charge in [-0.2, -0.15) is 5.10 Å². The van der Waals surface area contributed by atoms with E-state index < -0.39 is 15.8 Å². The molecule has 0 saturated heterocycles. The van der Waals surface area contributed by atoms with Crippen molar-refractivity contribution in [3.05, 3.63) is 224 Å². The first-order valence-corrected chi connectivity index (χ1v) is 20.0.